The van der Waals surface area contributed by atoms with Gasteiger partial charge in [0.15, 0.2) is 0 Å². The highest BCUT2D eigenvalue weighted by molar-refractivity contribution is 6.40. The van der Waals surface area contributed by atoms with Crippen LogP contribution in [0.15, 0.2) is 24.3 Å². The van der Waals surface area contributed by atoms with Crippen LogP contribution < -0.4 is 10.6 Å². The number of hydrogen-bond acceptors (Lipinski definition) is 4. The van der Waals surface area contributed by atoms with E-state index in [1.807, 2.05) is 12.1 Å². The van der Waals surface area contributed by atoms with Gasteiger partial charge < -0.3 is 20.7 Å². The second-order valence-corrected chi connectivity index (χ2v) is 6.34. The molecule has 2 atom stereocenters. The maximum Gasteiger partial charge on any atom is 0.451 e. The largest absolute Gasteiger partial charge is 0.451 e. The molecule has 1 saturated heterocycles. The molecule has 6 heteroatoms. The molecular formula is C15H24BClN2O2. The molecule has 0 bridgehead atoms. The number of nitrogens with zero attached hydrogens (tertiary/aromatic N) is 1. The summed E-state index contributed by atoms with van der Waals surface area (Å²) in [5.74, 6) is 0.514. The smallest absolute Gasteiger partial charge is 0.427 e. The molecule has 0 unspecified atom stereocenters. The molecule has 1 aliphatic rings. The van der Waals surface area contributed by atoms with Crippen LogP contribution in [0.4, 0.5) is 5.69 Å². The van der Waals surface area contributed by atoms with Crippen molar-refractivity contribution in [2.45, 2.75) is 38.0 Å². The van der Waals surface area contributed by atoms with Crippen molar-refractivity contribution in [3.05, 3.63) is 29.3 Å². The van der Waals surface area contributed by atoms with Crippen LogP contribution in [0.2, 0.25) is 11.3 Å². The van der Waals surface area contributed by atoms with Crippen LogP contribution in [-0.4, -0.2) is 36.3 Å². The molecule has 21 heavy (non-hydrogen) atoms. The zero-order valence-corrected chi connectivity index (χ0v) is 13.0. The van der Waals surface area contributed by atoms with Crippen LogP contribution in [0.5, 0.6) is 0 Å². The molecule has 0 saturated carbocycles. The maximum absolute atomic E-state index is 8.82. The minimum atomic E-state index is -1.19. The number of nitrogens with two attached hydrogens (primary N) is 1. The number of anilines is 1. The Morgan fingerprint density at radius 2 is 2.00 bits per heavy atom. The third kappa shape index (κ3) is 5.18. The van der Waals surface area contributed by atoms with Crippen LogP contribution in [0.3, 0.4) is 0 Å². The van der Waals surface area contributed by atoms with Gasteiger partial charge in [0.25, 0.3) is 0 Å². The summed E-state index contributed by atoms with van der Waals surface area (Å²) in [4.78, 5) is 2.36. The Morgan fingerprint density at radius 3 is 2.67 bits per heavy atom. The molecule has 1 heterocycles. The Kier molecular flexibility index (Phi) is 6.36. The summed E-state index contributed by atoms with van der Waals surface area (Å²) in [6.07, 6.45) is 4.28. The molecule has 1 aromatic rings. The van der Waals surface area contributed by atoms with E-state index in [9.17, 15) is 0 Å². The lowest BCUT2D eigenvalue weighted by atomic mass is 9.82. The molecule has 0 aliphatic carbocycles. The zero-order valence-electron chi connectivity index (χ0n) is 12.3. The highest BCUT2D eigenvalue weighted by Crippen LogP contribution is 2.27. The van der Waals surface area contributed by atoms with Crippen LogP contribution in [0, 0.1) is 5.92 Å². The van der Waals surface area contributed by atoms with E-state index in [2.05, 4.69) is 17.0 Å². The molecule has 0 spiro atoms. The minimum Gasteiger partial charge on any atom is -0.427 e. The van der Waals surface area contributed by atoms with Gasteiger partial charge >= 0.3 is 7.12 Å². The van der Waals surface area contributed by atoms with Gasteiger partial charge in [0.2, 0.25) is 0 Å². The van der Waals surface area contributed by atoms with E-state index >= 15 is 0 Å². The highest BCUT2D eigenvalue weighted by Gasteiger charge is 2.27. The van der Waals surface area contributed by atoms with Crippen LogP contribution in [0.1, 0.15) is 25.7 Å². The summed E-state index contributed by atoms with van der Waals surface area (Å²) in [5, 5.41) is 18.4. The molecule has 2 rings (SSSR count). The van der Waals surface area contributed by atoms with Crippen molar-refractivity contribution >= 4 is 24.4 Å². The predicted molar refractivity (Wildman–Crippen MR) is 88.6 cm³/mol. The van der Waals surface area contributed by atoms with E-state index in [0.717, 1.165) is 43.8 Å². The lowest BCUT2D eigenvalue weighted by Crippen LogP contribution is -2.32. The van der Waals surface area contributed by atoms with Gasteiger partial charge in [0, 0.05) is 29.8 Å². The van der Waals surface area contributed by atoms with E-state index in [1.54, 1.807) is 0 Å². The number of unbranched alkanes of at least 4 members (excludes halogenated alkanes) is 1. The quantitative estimate of drug-likeness (QED) is 0.533. The Balaban J connectivity index is 1.75. The van der Waals surface area contributed by atoms with E-state index in [1.165, 1.54) is 5.69 Å². The average Bonchev–Trinajstić information content (AvgIpc) is 2.94. The van der Waals surface area contributed by atoms with Crippen LogP contribution in [0.25, 0.3) is 0 Å². The predicted octanol–water partition coefficient (Wildman–Crippen LogP) is 2.14. The number of benzene rings is 1. The number of rotatable bonds is 7. The fourth-order valence-electron chi connectivity index (χ4n) is 2.97. The molecule has 1 fully saturated rings. The van der Waals surface area contributed by atoms with Crippen LogP contribution >= 0.6 is 11.6 Å². The fourth-order valence-corrected chi connectivity index (χ4v) is 3.09. The monoisotopic (exact) mass is 310 g/mol. The van der Waals surface area contributed by atoms with Gasteiger partial charge in [-0.15, -0.1) is 0 Å². The van der Waals surface area contributed by atoms with Gasteiger partial charge in [-0.1, -0.05) is 24.4 Å². The van der Waals surface area contributed by atoms with Crippen molar-refractivity contribution in [2.75, 3.05) is 18.0 Å². The van der Waals surface area contributed by atoms with Gasteiger partial charge in [-0.25, -0.2) is 0 Å². The maximum atomic E-state index is 8.82. The van der Waals surface area contributed by atoms with Crippen molar-refractivity contribution < 1.29 is 10.0 Å². The van der Waals surface area contributed by atoms with Crippen molar-refractivity contribution in [3.8, 4) is 0 Å². The normalized spacial score (nSPS) is 19.8. The summed E-state index contributed by atoms with van der Waals surface area (Å²) in [6.45, 7) is 2.03. The van der Waals surface area contributed by atoms with Gasteiger partial charge in [-0.3, -0.25) is 0 Å². The lowest BCUT2D eigenvalue weighted by molar-refractivity contribution is 0.393. The third-order valence-corrected chi connectivity index (χ3v) is 4.52. The van der Waals surface area contributed by atoms with Crippen molar-refractivity contribution in [1.82, 2.24) is 0 Å². The molecule has 4 nitrogen and oxygen atoms in total. The van der Waals surface area contributed by atoms with E-state index in [-0.39, 0.29) is 6.04 Å². The first kappa shape index (κ1) is 16.6. The summed E-state index contributed by atoms with van der Waals surface area (Å²) in [6, 6.07) is 8.14. The zero-order chi connectivity index (χ0) is 15.2. The van der Waals surface area contributed by atoms with E-state index in [4.69, 9.17) is 27.4 Å². The second-order valence-electron chi connectivity index (χ2n) is 5.90. The van der Waals surface area contributed by atoms with Gasteiger partial charge in [-0.2, -0.15) is 0 Å². The molecule has 1 aliphatic heterocycles. The van der Waals surface area contributed by atoms with Crippen molar-refractivity contribution in [2.24, 2.45) is 11.7 Å². The first-order valence-electron chi connectivity index (χ1n) is 7.68. The summed E-state index contributed by atoms with van der Waals surface area (Å²) in [7, 11) is -1.19. The van der Waals surface area contributed by atoms with Crippen molar-refractivity contribution in [3.63, 3.8) is 0 Å². The molecule has 0 radical (unpaired) electrons. The lowest BCUT2D eigenvalue weighted by Gasteiger charge is -2.22. The Hall–Kier alpha value is -0.745. The summed E-state index contributed by atoms with van der Waals surface area (Å²) in [5.41, 5.74) is 7.49. The number of hydrogen-bond donors (Lipinski definition) is 3. The van der Waals surface area contributed by atoms with Crippen molar-refractivity contribution in [1.29, 1.82) is 0 Å². The average molecular weight is 311 g/mol. The van der Waals surface area contributed by atoms with Crippen LogP contribution in [-0.2, 0) is 0 Å². The fraction of sp³-hybridized carbons (Fsp3) is 0.600. The van der Waals surface area contributed by atoms with Gasteiger partial charge in [-0.05, 0) is 49.3 Å². The molecule has 0 aromatic heterocycles. The summed E-state index contributed by atoms with van der Waals surface area (Å²) >= 11 is 5.92. The first-order chi connectivity index (χ1) is 10.1. The Bertz CT molecular complexity index is 430. The van der Waals surface area contributed by atoms with Gasteiger partial charge in [0.1, 0.15) is 0 Å². The molecular weight excluding hydrogens is 286 g/mol. The molecule has 0 amide bonds. The highest BCUT2D eigenvalue weighted by atomic mass is 35.5. The molecule has 4 N–H and O–H groups in total. The van der Waals surface area contributed by atoms with E-state index in [0.29, 0.717) is 12.2 Å². The molecule has 1 aromatic carbocycles. The SMILES string of the molecule is N[C@@H](CCCCB(O)O)[C@H]1CCN(c2ccc(Cl)cc2)C1. The minimum absolute atomic E-state index is 0.193. The van der Waals surface area contributed by atoms with E-state index < -0.39 is 7.12 Å². The summed E-state index contributed by atoms with van der Waals surface area (Å²) < 4.78 is 0. The second kappa shape index (κ2) is 8.04. The first-order valence-corrected chi connectivity index (χ1v) is 8.06. The standard InChI is InChI=1S/C15H24BClN2O2/c17-13-4-6-14(7-5-13)19-10-8-12(11-19)15(18)3-1-2-9-16(20)21/h4-7,12,15,20-21H,1-3,8-11,18H2/t12-,15-/m0/s1. The Morgan fingerprint density at radius 1 is 1.29 bits per heavy atom. The topological polar surface area (TPSA) is 69.7 Å². The third-order valence-electron chi connectivity index (χ3n) is 4.27. The van der Waals surface area contributed by atoms with Gasteiger partial charge in [0.05, 0.1) is 0 Å². The molecule has 116 valence electrons. The Labute approximate surface area is 132 Å². The number of halogens is 1.